The van der Waals surface area contributed by atoms with Crippen molar-refractivity contribution < 1.29 is 13.2 Å². The third-order valence-corrected chi connectivity index (χ3v) is 4.90. The topological polar surface area (TPSA) is 38.4 Å². The predicted octanol–water partition coefficient (Wildman–Crippen LogP) is 3.24. The van der Waals surface area contributed by atoms with Crippen molar-refractivity contribution in [2.75, 3.05) is 13.6 Å². The molecule has 0 unspecified atom stereocenters. The van der Waals surface area contributed by atoms with Gasteiger partial charge in [0.1, 0.15) is 5.82 Å². The number of imidazole rings is 1. The minimum Gasteiger partial charge on any atom is -0.334 e. The zero-order valence-electron chi connectivity index (χ0n) is 14.4. The number of aryl methyl sites for hydroxylation is 1. The number of hydrogen-bond donors (Lipinski definition) is 0. The van der Waals surface area contributed by atoms with Gasteiger partial charge >= 0.3 is 6.18 Å². The molecular formula is C18H20F3N5. The maximum atomic E-state index is 12.8. The maximum absolute atomic E-state index is 12.8. The average molecular weight is 363 g/mol. The van der Waals surface area contributed by atoms with Crippen molar-refractivity contribution in [2.45, 2.75) is 32.1 Å². The number of alkyl halides is 3. The summed E-state index contributed by atoms with van der Waals surface area (Å²) in [5, 5.41) is 4.35. The summed E-state index contributed by atoms with van der Waals surface area (Å²) in [6, 6.07) is 5.96. The van der Waals surface area contributed by atoms with E-state index < -0.39 is 11.9 Å². The largest absolute Gasteiger partial charge is 0.434 e. The Labute approximate surface area is 149 Å². The van der Waals surface area contributed by atoms with Crippen LogP contribution in [0.25, 0.3) is 5.52 Å². The van der Waals surface area contributed by atoms with E-state index in [1.807, 2.05) is 42.2 Å². The Hall–Kier alpha value is -2.35. The number of nitrogens with zero attached hydrogens (tertiary/aromatic N) is 5. The van der Waals surface area contributed by atoms with Crippen LogP contribution in [0.4, 0.5) is 13.2 Å². The Kier molecular flexibility index (Phi) is 4.22. The third-order valence-electron chi connectivity index (χ3n) is 4.90. The molecule has 1 aliphatic rings. The molecule has 0 bridgehead atoms. The van der Waals surface area contributed by atoms with Crippen molar-refractivity contribution in [1.29, 1.82) is 0 Å². The minimum atomic E-state index is -4.37. The molecule has 0 saturated carbocycles. The summed E-state index contributed by atoms with van der Waals surface area (Å²) in [6.07, 6.45) is 2.00. The number of hydrogen-bond acceptors (Lipinski definition) is 3. The van der Waals surface area contributed by atoms with E-state index in [0.717, 1.165) is 36.8 Å². The van der Waals surface area contributed by atoms with Crippen LogP contribution in [0.15, 0.2) is 36.8 Å². The monoisotopic (exact) mass is 363 g/mol. The van der Waals surface area contributed by atoms with Gasteiger partial charge in [0.05, 0.1) is 11.7 Å². The number of fused-ring (bicyclic) bond motifs is 2. The second kappa shape index (κ2) is 6.42. The van der Waals surface area contributed by atoms with Crippen LogP contribution in [0.5, 0.6) is 0 Å². The van der Waals surface area contributed by atoms with Crippen LogP contribution in [0.2, 0.25) is 0 Å². The summed E-state index contributed by atoms with van der Waals surface area (Å²) < 4.78 is 42.0. The second-order valence-electron chi connectivity index (χ2n) is 6.99. The Morgan fingerprint density at radius 2 is 2.15 bits per heavy atom. The molecule has 5 nitrogen and oxygen atoms in total. The summed E-state index contributed by atoms with van der Waals surface area (Å²) in [5.41, 5.74) is 1.44. The van der Waals surface area contributed by atoms with E-state index in [9.17, 15) is 13.2 Å². The van der Waals surface area contributed by atoms with Gasteiger partial charge in [-0.3, -0.25) is 0 Å². The molecular weight excluding hydrogens is 343 g/mol. The molecule has 1 atom stereocenters. The highest BCUT2D eigenvalue weighted by Crippen LogP contribution is 2.31. The molecule has 3 aromatic heterocycles. The fraction of sp³-hybridized carbons (Fsp3) is 0.444. The van der Waals surface area contributed by atoms with Crippen LogP contribution in [-0.2, 0) is 25.7 Å². The van der Waals surface area contributed by atoms with E-state index in [2.05, 4.69) is 15.0 Å². The van der Waals surface area contributed by atoms with Gasteiger partial charge < -0.3 is 9.47 Å². The Morgan fingerprint density at radius 3 is 2.96 bits per heavy atom. The first-order valence-corrected chi connectivity index (χ1v) is 8.63. The van der Waals surface area contributed by atoms with Crippen molar-refractivity contribution >= 4 is 5.52 Å². The van der Waals surface area contributed by atoms with Crippen LogP contribution in [0, 0.1) is 5.92 Å². The first-order valence-electron chi connectivity index (χ1n) is 8.63. The molecule has 4 rings (SSSR count). The number of pyridine rings is 1. The van der Waals surface area contributed by atoms with Crippen molar-refractivity contribution in [3.8, 4) is 0 Å². The average Bonchev–Trinajstić information content (AvgIpc) is 3.19. The van der Waals surface area contributed by atoms with Gasteiger partial charge in [-0.05, 0) is 31.5 Å². The molecule has 0 N–H and O–H groups in total. The molecule has 0 amide bonds. The smallest absolute Gasteiger partial charge is 0.334 e. The molecule has 0 aliphatic carbocycles. The van der Waals surface area contributed by atoms with Gasteiger partial charge in [0.25, 0.3) is 0 Å². The molecule has 0 saturated heterocycles. The van der Waals surface area contributed by atoms with Crippen LogP contribution >= 0.6 is 0 Å². The van der Waals surface area contributed by atoms with E-state index in [1.54, 1.807) is 4.57 Å². The van der Waals surface area contributed by atoms with Crippen molar-refractivity contribution in [1.82, 2.24) is 24.1 Å². The van der Waals surface area contributed by atoms with Gasteiger partial charge in [0.15, 0.2) is 5.69 Å². The zero-order chi connectivity index (χ0) is 18.3. The van der Waals surface area contributed by atoms with Crippen LogP contribution < -0.4 is 0 Å². The Balaban J connectivity index is 1.41. The van der Waals surface area contributed by atoms with Gasteiger partial charge in [-0.25, -0.2) is 9.50 Å². The lowest BCUT2D eigenvalue weighted by Gasteiger charge is -2.28. The van der Waals surface area contributed by atoms with E-state index in [4.69, 9.17) is 0 Å². The third kappa shape index (κ3) is 3.33. The van der Waals surface area contributed by atoms with Gasteiger partial charge in [-0.15, -0.1) is 0 Å². The predicted molar refractivity (Wildman–Crippen MR) is 90.6 cm³/mol. The highest BCUT2D eigenvalue weighted by Gasteiger charge is 2.35. The molecule has 0 aromatic carbocycles. The molecule has 0 spiro atoms. The summed E-state index contributed by atoms with van der Waals surface area (Å²) in [5.74, 6) is 0.850. The van der Waals surface area contributed by atoms with E-state index in [-0.39, 0.29) is 0 Å². The fourth-order valence-corrected chi connectivity index (χ4v) is 3.71. The number of halogens is 3. The lowest BCUT2D eigenvalue weighted by atomic mass is 9.99. The fourth-order valence-electron chi connectivity index (χ4n) is 3.71. The summed E-state index contributed by atoms with van der Waals surface area (Å²) in [4.78, 5) is 5.95. The standard InChI is InChI=1S/C18H20F3N5/c1-24(11-14-8-22-26-7-3-2-4-15(14)26)9-13-5-6-17-23-16(18(19,20)21)12-25(17)10-13/h2-4,7-8,12-13H,5-6,9-11H2,1H3/t13-/m1/s1. The first kappa shape index (κ1) is 17.1. The maximum Gasteiger partial charge on any atom is 0.434 e. The van der Waals surface area contributed by atoms with Crippen LogP contribution in [0.1, 0.15) is 23.5 Å². The van der Waals surface area contributed by atoms with Crippen molar-refractivity contribution in [3.05, 3.63) is 53.9 Å². The zero-order valence-corrected chi connectivity index (χ0v) is 14.4. The lowest BCUT2D eigenvalue weighted by molar-refractivity contribution is -0.141. The summed E-state index contributed by atoms with van der Waals surface area (Å²) in [7, 11) is 2.04. The number of rotatable bonds is 4. The van der Waals surface area contributed by atoms with Crippen molar-refractivity contribution in [3.63, 3.8) is 0 Å². The molecule has 138 valence electrons. The van der Waals surface area contributed by atoms with Crippen molar-refractivity contribution in [2.24, 2.45) is 5.92 Å². The van der Waals surface area contributed by atoms with Gasteiger partial charge in [-0.2, -0.15) is 18.3 Å². The molecule has 1 aliphatic heterocycles. The molecule has 0 radical (unpaired) electrons. The molecule has 0 fully saturated rings. The minimum absolute atomic E-state index is 0.310. The van der Waals surface area contributed by atoms with Gasteiger partial charge in [0, 0.05) is 44.0 Å². The van der Waals surface area contributed by atoms with Gasteiger partial charge in [-0.1, -0.05) is 6.07 Å². The molecule has 3 aromatic rings. The van der Waals surface area contributed by atoms with Crippen LogP contribution in [0.3, 0.4) is 0 Å². The quantitative estimate of drug-likeness (QED) is 0.714. The highest BCUT2D eigenvalue weighted by atomic mass is 19.4. The van der Waals surface area contributed by atoms with E-state index in [1.165, 1.54) is 0 Å². The Morgan fingerprint density at radius 1 is 1.31 bits per heavy atom. The van der Waals surface area contributed by atoms with Crippen LogP contribution in [-0.4, -0.2) is 37.7 Å². The van der Waals surface area contributed by atoms with E-state index >= 15 is 0 Å². The van der Waals surface area contributed by atoms with E-state index in [0.29, 0.717) is 24.7 Å². The second-order valence-corrected chi connectivity index (χ2v) is 6.99. The SMILES string of the molecule is CN(Cc1cnn2ccccc12)C[C@H]1CCc2nc(C(F)(F)F)cn2C1. The number of aromatic nitrogens is 4. The summed E-state index contributed by atoms with van der Waals surface area (Å²) in [6.45, 7) is 2.16. The normalized spacial score (nSPS) is 17.8. The Bertz CT molecular complexity index is 911. The molecule has 4 heterocycles. The summed E-state index contributed by atoms with van der Waals surface area (Å²) >= 11 is 0. The molecule has 26 heavy (non-hydrogen) atoms. The first-order chi connectivity index (χ1) is 12.4. The lowest BCUT2D eigenvalue weighted by Crippen LogP contribution is -2.31. The van der Waals surface area contributed by atoms with Gasteiger partial charge in [0.2, 0.25) is 0 Å². The molecule has 8 heteroatoms. The highest BCUT2D eigenvalue weighted by molar-refractivity contribution is 5.53.